The molecule has 23 heavy (non-hydrogen) atoms. The first-order valence-electron chi connectivity index (χ1n) is 7.43. The van der Waals surface area contributed by atoms with Crippen LogP contribution < -0.4 is 10.5 Å². The second-order valence-corrected chi connectivity index (χ2v) is 7.48. The summed E-state index contributed by atoms with van der Waals surface area (Å²) in [5.41, 5.74) is 0.390. The first-order valence-corrected chi connectivity index (χ1v) is 8.87. The van der Waals surface area contributed by atoms with Gasteiger partial charge < -0.3 is 10.0 Å². The molecule has 0 spiro atoms. The Morgan fingerprint density at radius 3 is 2.26 bits per heavy atom. The Kier molecular flexibility index (Phi) is 3.89. The van der Waals surface area contributed by atoms with Gasteiger partial charge in [0.25, 0.3) is 10.0 Å². The lowest BCUT2D eigenvalue weighted by Crippen LogP contribution is -2.29. The minimum Gasteiger partial charge on any atom is -0.502 e. The molecule has 1 aliphatic heterocycles. The van der Waals surface area contributed by atoms with Crippen molar-refractivity contribution in [3.8, 4) is 5.75 Å². The molecule has 122 valence electrons. The van der Waals surface area contributed by atoms with Gasteiger partial charge in [0, 0.05) is 19.3 Å². The number of pyridine rings is 1. The molecule has 0 radical (unpaired) electrons. The van der Waals surface area contributed by atoms with Gasteiger partial charge in [-0.1, -0.05) is 17.7 Å². The van der Waals surface area contributed by atoms with E-state index in [0.717, 1.165) is 31.5 Å². The van der Waals surface area contributed by atoms with Crippen LogP contribution in [0, 0.1) is 6.92 Å². The predicted octanol–water partition coefficient (Wildman–Crippen LogP) is 1.70. The topological polar surface area (TPSA) is 79.6 Å². The number of aromatic nitrogens is 1. The summed E-state index contributed by atoms with van der Waals surface area (Å²) in [5.74, 6) is -0.523. The first-order chi connectivity index (χ1) is 10.9. The van der Waals surface area contributed by atoms with Crippen LogP contribution in [0.25, 0.3) is 0 Å². The van der Waals surface area contributed by atoms with Gasteiger partial charge in [0.2, 0.25) is 5.75 Å². The van der Waals surface area contributed by atoms with Crippen molar-refractivity contribution in [2.75, 3.05) is 18.0 Å². The molecule has 1 saturated heterocycles. The molecule has 6 nitrogen and oxygen atoms in total. The van der Waals surface area contributed by atoms with E-state index >= 15 is 0 Å². The normalized spacial score (nSPS) is 15.1. The molecule has 1 fully saturated rings. The molecule has 0 atom stereocenters. The maximum atomic E-state index is 12.6. The van der Waals surface area contributed by atoms with E-state index < -0.39 is 21.3 Å². The fraction of sp³-hybridized carbons (Fsp3) is 0.312. The molecule has 3 rings (SSSR count). The summed E-state index contributed by atoms with van der Waals surface area (Å²) < 4.78 is 25.8. The molecule has 0 aliphatic carbocycles. The third-order valence-corrected chi connectivity index (χ3v) is 5.71. The van der Waals surface area contributed by atoms with Crippen molar-refractivity contribution in [1.82, 2.24) is 3.97 Å². The Labute approximate surface area is 134 Å². The fourth-order valence-corrected chi connectivity index (χ4v) is 3.96. The van der Waals surface area contributed by atoms with Gasteiger partial charge in [-0.25, -0.2) is 12.4 Å². The molecular weight excluding hydrogens is 316 g/mol. The van der Waals surface area contributed by atoms with Gasteiger partial charge in [0.15, 0.2) is 0 Å². The highest BCUT2D eigenvalue weighted by molar-refractivity contribution is 7.90. The van der Waals surface area contributed by atoms with Gasteiger partial charge in [-0.05, 0) is 38.0 Å². The summed E-state index contributed by atoms with van der Waals surface area (Å²) in [5, 5.41) is 10.2. The summed E-state index contributed by atoms with van der Waals surface area (Å²) >= 11 is 0. The van der Waals surface area contributed by atoms with Crippen molar-refractivity contribution in [1.29, 1.82) is 0 Å². The number of anilines is 1. The molecule has 0 amide bonds. The quantitative estimate of drug-likeness (QED) is 0.924. The highest BCUT2D eigenvalue weighted by Gasteiger charge is 2.24. The van der Waals surface area contributed by atoms with Crippen LogP contribution in [0.5, 0.6) is 5.75 Å². The third kappa shape index (κ3) is 2.72. The maximum absolute atomic E-state index is 12.6. The second-order valence-electron chi connectivity index (χ2n) is 5.66. The lowest BCUT2D eigenvalue weighted by molar-refractivity contribution is 0.463. The number of benzene rings is 1. The van der Waals surface area contributed by atoms with Gasteiger partial charge in [-0.3, -0.25) is 4.79 Å². The predicted molar refractivity (Wildman–Crippen MR) is 87.6 cm³/mol. The lowest BCUT2D eigenvalue weighted by Gasteiger charge is -2.19. The first kappa shape index (κ1) is 15.6. The molecule has 2 aromatic rings. The maximum Gasteiger partial charge on any atom is 0.308 e. The van der Waals surface area contributed by atoms with Crippen LogP contribution >= 0.6 is 0 Å². The Balaban J connectivity index is 2.08. The minimum absolute atomic E-state index is 0.0125. The van der Waals surface area contributed by atoms with Gasteiger partial charge in [0.1, 0.15) is 0 Å². The summed E-state index contributed by atoms with van der Waals surface area (Å²) in [6, 6.07) is 7.70. The van der Waals surface area contributed by atoms with E-state index in [1.54, 1.807) is 12.1 Å². The van der Waals surface area contributed by atoms with Gasteiger partial charge in [-0.15, -0.1) is 0 Å². The summed E-state index contributed by atoms with van der Waals surface area (Å²) in [4.78, 5) is 14.2. The van der Waals surface area contributed by atoms with E-state index in [1.165, 1.54) is 24.4 Å². The molecule has 1 N–H and O–H groups in total. The largest absolute Gasteiger partial charge is 0.502 e. The molecular formula is C16H18N2O4S. The SMILES string of the molecule is Cc1ccc(S(=O)(=O)n2ccc(N3CCCC3)c(O)c2=O)cc1. The van der Waals surface area contributed by atoms with Gasteiger partial charge >= 0.3 is 5.56 Å². The molecule has 1 aromatic heterocycles. The van der Waals surface area contributed by atoms with Crippen LogP contribution in [-0.2, 0) is 10.0 Å². The molecule has 1 aliphatic rings. The molecule has 7 heteroatoms. The monoisotopic (exact) mass is 334 g/mol. The van der Waals surface area contributed by atoms with E-state index in [2.05, 4.69) is 0 Å². The zero-order valence-electron chi connectivity index (χ0n) is 12.8. The standard InChI is InChI=1S/C16H18N2O4S/c1-12-4-6-13(7-5-12)23(21,22)18-11-8-14(15(19)16(18)20)17-9-2-3-10-17/h4-8,11,19H,2-3,9-10H2,1H3. The van der Waals surface area contributed by atoms with Gasteiger partial charge in [-0.2, -0.15) is 0 Å². The number of nitrogens with zero attached hydrogens (tertiary/aromatic N) is 2. The second kappa shape index (κ2) is 5.73. The zero-order valence-corrected chi connectivity index (χ0v) is 13.6. The third-order valence-electron chi connectivity index (χ3n) is 4.04. The van der Waals surface area contributed by atoms with E-state index in [1.807, 2.05) is 11.8 Å². The van der Waals surface area contributed by atoms with Crippen molar-refractivity contribution >= 4 is 15.7 Å². The van der Waals surface area contributed by atoms with Crippen molar-refractivity contribution in [2.45, 2.75) is 24.7 Å². The molecule has 1 aromatic carbocycles. The van der Waals surface area contributed by atoms with Crippen molar-refractivity contribution in [3.63, 3.8) is 0 Å². The summed E-state index contributed by atoms with van der Waals surface area (Å²) in [6.45, 7) is 3.35. The van der Waals surface area contributed by atoms with Crippen molar-refractivity contribution in [2.24, 2.45) is 0 Å². The number of rotatable bonds is 3. The number of hydrogen-bond acceptors (Lipinski definition) is 5. The zero-order chi connectivity index (χ0) is 16.6. The minimum atomic E-state index is -4.02. The van der Waals surface area contributed by atoms with Crippen LogP contribution in [0.3, 0.4) is 0 Å². The molecule has 2 heterocycles. The number of hydrogen-bond donors (Lipinski definition) is 1. The summed E-state index contributed by atoms with van der Waals surface area (Å²) in [7, 11) is -4.02. The highest BCUT2D eigenvalue weighted by atomic mass is 32.2. The Bertz CT molecular complexity index is 879. The van der Waals surface area contributed by atoms with Crippen LogP contribution in [0.4, 0.5) is 5.69 Å². The van der Waals surface area contributed by atoms with E-state index in [9.17, 15) is 18.3 Å². The van der Waals surface area contributed by atoms with Gasteiger partial charge in [0.05, 0.1) is 10.6 Å². The molecule has 0 bridgehead atoms. The average Bonchev–Trinajstić information content (AvgIpc) is 3.04. The number of aryl methyl sites for hydroxylation is 1. The van der Waals surface area contributed by atoms with Crippen LogP contribution in [-0.4, -0.2) is 30.6 Å². The van der Waals surface area contributed by atoms with E-state index in [0.29, 0.717) is 9.66 Å². The average molecular weight is 334 g/mol. The lowest BCUT2D eigenvalue weighted by atomic mass is 10.2. The van der Waals surface area contributed by atoms with E-state index in [-0.39, 0.29) is 4.90 Å². The Hall–Kier alpha value is -2.28. The molecule has 0 saturated carbocycles. The van der Waals surface area contributed by atoms with Crippen LogP contribution in [0.1, 0.15) is 18.4 Å². The summed E-state index contributed by atoms with van der Waals surface area (Å²) in [6.07, 6.45) is 3.19. The van der Waals surface area contributed by atoms with Crippen molar-refractivity contribution in [3.05, 3.63) is 52.4 Å². The Morgan fingerprint density at radius 2 is 1.65 bits per heavy atom. The number of aromatic hydroxyl groups is 1. The van der Waals surface area contributed by atoms with Crippen molar-refractivity contribution < 1.29 is 13.5 Å². The molecule has 0 unspecified atom stereocenters. The van der Waals surface area contributed by atoms with E-state index in [4.69, 9.17) is 0 Å². The fourth-order valence-electron chi connectivity index (χ4n) is 2.73. The Morgan fingerprint density at radius 1 is 1.04 bits per heavy atom. The smallest absolute Gasteiger partial charge is 0.308 e. The highest BCUT2D eigenvalue weighted by Crippen LogP contribution is 2.27. The van der Waals surface area contributed by atoms with Crippen LogP contribution in [0.15, 0.2) is 46.2 Å². The van der Waals surface area contributed by atoms with Crippen LogP contribution in [0.2, 0.25) is 0 Å².